The van der Waals surface area contributed by atoms with Crippen molar-refractivity contribution in [3.63, 3.8) is 0 Å². The number of hydrogen-bond donors (Lipinski definition) is 0. The number of rotatable bonds is 8. The number of nitrogens with zero attached hydrogens (tertiary/aromatic N) is 2. The Kier molecular flexibility index (Phi) is 7.63. The van der Waals surface area contributed by atoms with Gasteiger partial charge in [-0.3, -0.25) is 4.90 Å². The quantitative estimate of drug-likeness (QED) is 0.400. The predicted octanol–water partition coefficient (Wildman–Crippen LogP) is 6.05. The molecule has 1 heterocycles. The van der Waals surface area contributed by atoms with E-state index in [4.69, 9.17) is 9.47 Å². The van der Waals surface area contributed by atoms with Gasteiger partial charge in [0.25, 0.3) is 0 Å². The topological polar surface area (TPSA) is 24.9 Å². The number of para-hydroxylation sites is 3. The number of methoxy groups -OCH3 is 1. The molecule has 0 radical (unpaired) electrons. The Bertz CT molecular complexity index is 1030. The van der Waals surface area contributed by atoms with E-state index in [0.29, 0.717) is 12.2 Å². The molecule has 0 N–H and O–H groups in total. The summed E-state index contributed by atoms with van der Waals surface area (Å²) in [7, 11) is 1.68. The van der Waals surface area contributed by atoms with Crippen LogP contribution in [0.15, 0.2) is 78.9 Å². The van der Waals surface area contributed by atoms with Crippen LogP contribution >= 0.6 is 0 Å². The minimum atomic E-state index is -4.35. The Hall–Kier alpha value is -3.19. The maximum absolute atomic E-state index is 13.0. The van der Waals surface area contributed by atoms with Crippen LogP contribution in [0.5, 0.6) is 11.5 Å². The Balaban J connectivity index is 1.40. The molecular formula is C27H29F3N2O2. The second kappa shape index (κ2) is 10.8. The zero-order valence-corrected chi connectivity index (χ0v) is 19.2. The van der Waals surface area contributed by atoms with Gasteiger partial charge in [-0.25, -0.2) is 0 Å². The lowest BCUT2D eigenvalue weighted by Gasteiger charge is -2.37. The summed E-state index contributed by atoms with van der Waals surface area (Å²) >= 11 is 0. The fourth-order valence-electron chi connectivity index (χ4n) is 4.25. The van der Waals surface area contributed by atoms with E-state index < -0.39 is 11.7 Å². The molecule has 34 heavy (non-hydrogen) atoms. The molecule has 1 aliphatic rings. The molecule has 1 atom stereocenters. The van der Waals surface area contributed by atoms with E-state index in [1.807, 2.05) is 48.5 Å². The molecule has 0 bridgehead atoms. The van der Waals surface area contributed by atoms with E-state index >= 15 is 0 Å². The molecule has 0 spiro atoms. The van der Waals surface area contributed by atoms with Gasteiger partial charge in [0.1, 0.15) is 17.6 Å². The molecule has 4 rings (SSSR count). The van der Waals surface area contributed by atoms with E-state index in [0.717, 1.165) is 61.9 Å². The van der Waals surface area contributed by atoms with E-state index in [2.05, 4.69) is 15.9 Å². The molecule has 1 unspecified atom stereocenters. The van der Waals surface area contributed by atoms with Crippen LogP contribution in [0.3, 0.4) is 0 Å². The first-order valence-corrected chi connectivity index (χ1v) is 11.4. The van der Waals surface area contributed by atoms with Gasteiger partial charge in [0.05, 0.1) is 18.4 Å². The summed E-state index contributed by atoms with van der Waals surface area (Å²) in [4.78, 5) is 4.69. The summed E-state index contributed by atoms with van der Waals surface area (Å²) in [6.07, 6.45) is -4.01. The molecule has 0 saturated carbocycles. The number of hydrogen-bond acceptors (Lipinski definition) is 4. The van der Waals surface area contributed by atoms with E-state index in [9.17, 15) is 13.2 Å². The zero-order chi connectivity index (χ0) is 24.0. The second-order valence-corrected chi connectivity index (χ2v) is 8.33. The lowest BCUT2D eigenvalue weighted by molar-refractivity contribution is -0.137. The number of benzene rings is 3. The van der Waals surface area contributed by atoms with Gasteiger partial charge < -0.3 is 14.4 Å². The Morgan fingerprint density at radius 2 is 1.47 bits per heavy atom. The minimum absolute atomic E-state index is 0.336. The molecule has 1 aliphatic heterocycles. The summed E-state index contributed by atoms with van der Waals surface area (Å²) in [6.45, 7) is 4.33. The third kappa shape index (κ3) is 6.03. The van der Waals surface area contributed by atoms with Crippen molar-refractivity contribution >= 4 is 5.69 Å². The highest BCUT2D eigenvalue weighted by Gasteiger charge is 2.30. The summed E-state index contributed by atoms with van der Waals surface area (Å²) in [5.41, 5.74) is 1.19. The van der Waals surface area contributed by atoms with Gasteiger partial charge >= 0.3 is 6.18 Å². The van der Waals surface area contributed by atoms with Crippen molar-refractivity contribution < 1.29 is 22.6 Å². The molecule has 0 aromatic heterocycles. The summed E-state index contributed by atoms with van der Waals surface area (Å²) in [5.74, 6) is 1.57. The minimum Gasteiger partial charge on any atom is -0.495 e. The summed E-state index contributed by atoms with van der Waals surface area (Å²) in [6, 6.07) is 22.7. The van der Waals surface area contributed by atoms with Crippen molar-refractivity contribution in [3.8, 4) is 11.5 Å². The fraction of sp³-hybridized carbons (Fsp3) is 0.333. The van der Waals surface area contributed by atoms with Crippen LogP contribution in [-0.2, 0) is 6.18 Å². The first-order chi connectivity index (χ1) is 16.4. The standard InChI is InChI=1S/C27H29F3N2O2/c1-33-26-10-6-5-9-24(26)32-19-17-31(18-20-32)16-15-25(34-23-7-3-2-4-8-23)21-11-13-22(14-12-21)27(28,29)30/h2-14,25H,15-20H2,1H3. The van der Waals surface area contributed by atoms with Crippen LogP contribution in [0.1, 0.15) is 23.7 Å². The molecule has 3 aromatic rings. The number of ether oxygens (including phenoxy) is 2. The molecule has 0 amide bonds. The Morgan fingerprint density at radius 1 is 0.824 bits per heavy atom. The molecule has 4 nitrogen and oxygen atoms in total. The fourth-order valence-corrected chi connectivity index (χ4v) is 4.25. The smallest absolute Gasteiger partial charge is 0.416 e. The first-order valence-electron chi connectivity index (χ1n) is 11.4. The van der Waals surface area contributed by atoms with Crippen molar-refractivity contribution in [2.45, 2.75) is 18.7 Å². The van der Waals surface area contributed by atoms with Crippen LogP contribution in [0, 0.1) is 0 Å². The molecule has 1 fully saturated rings. The van der Waals surface area contributed by atoms with Crippen molar-refractivity contribution in [3.05, 3.63) is 90.0 Å². The summed E-state index contributed by atoms with van der Waals surface area (Å²) in [5, 5.41) is 0. The van der Waals surface area contributed by atoms with Crippen LogP contribution in [-0.4, -0.2) is 44.7 Å². The van der Waals surface area contributed by atoms with Crippen molar-refractivity contribution in [2.75, 3.05) is 44.7 Å². The van der Waals surface area contributed by atoms with Gasteiger partial charge in [-0.05, 0) is 42.0 Å². The Labute approximate surface area is 198 Å². The highest BCUT2D eigenvalue weighted by Crippen LogP contribution is 2.32. The molecular weight excluding hydrogens is 441 g/mol. The van der Waals surface area contributed by atoms with Gasteiger partial charge in [-0.2, -0.15) is 13.2 Å². The third-order valence-corrected chi connectivity index (χ3v) is 6.14. The monoisotopic (exact) mass is 470 g/mol. The van der Waals surface area contributed by atoms with Crippen LogP contribution in [0.2, 0.25) is 0 Å². The largest absolute Gasteiger partial charge is 0.495 e. The molecule has 180 valence electrons. The van der Waals surface area contributed by atoms with Crippen molar-refractivity contribution in [1.82, 2.24) is 4.90 Å². The number of halogens is 3. The highest BCUT2D eigenvalue weighted by molar-refractivity contribution is 5.58. The molecule has 0 aliphatic carbocycles. The van der Waals surface area contributed by atoms with Crippen LogP contribution in [0.25, 0.3) is 0 Å². The van der Waals surface area contributed by atoms with E-state index in [1.54, 1.807) is 7.11 Å². The van der Waals surface area contributed by atoms with Crippen LogP contribution < -0.4 is 14.4 Å². The van der Waals surface area contributed by atoms with Gasteiger partial charge in [0, 0.05) is 39.1 Å². The van der Waals surface area contributed by atoms with Crippen molar-refractivity contribution in [1.29, 1.82) is 0 Å². The van der Waals surface area contributed by atoms with Gasteiger partial charge in [0.2, 0.25) is 0 Å². The average Bonchev–Trinajstić information content (AvgIpc) is 2.87. The number of alkyl halides is 3. The van der Waals surface area contributed by atoms with E-state index in [-0.39, 0.29) is 6.10 Å². The predicted molar refractivity (Wildman–Crippen MR) is 128 cm³/mol. The maximum atomic E-state index is 13.0. The normalized spacial score (nSPS) is 15.7. The zero-order valence-electron chi connectivity index (χ0n) is 19.2. The summed E-state index contributed by atoms with van der Waals surface area (Å²) < 4.78 is 50.7. The average molecular weight is 471 g/mol. The highest BCUT2D eigenvalue weighted by atomic mass is 19.4. The molecule has 7 heteroatoms. The van der Waals surface area contributed by atoms with Gasteiger partial charge in [-0.15, -0.1) is 0 Å². The van der Waals surface area contributed by atoms with Crippen LogP contribution in [0.4, 0.5) is 18.9 Å². The van der Waals surface area contributed by atoms with Crippen molar-refractivity contribution in [2.24, 2.45) is 0 Å². The molecule has 3 aromatic carbocycles. The second-order valence-electron chi connectivity index (χ2n) is 8.33. The van der Waals surface area contributed by atoms with Gasteiger partial charge in [0.15, 0.2) is 0 Å². The first kappa shape index (κ1) is 24.0. The number of anilines is 1. The third-order valence-electron chi connectivity index (χ3n) is 6.14. The number of piperazine rings is 1. The van der Waals surface area contributed by atoms with Gasteiger partial charge in [-0.1, -0.05) is 42.5 Å². The Morgan fingerprint density at radius 3 is 2.12 bits per heavy atom. The lowest BCUT2D eigenvalue weighted by Crippen LogP contribution is -2.47. The SMILES string of the molecule is COc1ccccc1N1CCN(CCC(Oc2ccccc2)c2ccc(C(F)(F)F)cc2)CC1. The maximum Gasteiger partial charge on any atom is 0.416 e. The lowest BCUT2D eigenvalue weighted by atomic mass is 10.0. The molecule has 1 saturated heterocycles. The van der Waals surface area contributed by atoms with E-state index in [1.165, 1.54) is 12.1 Å².